The molecule has 0 amide bonds. The van der Waals surface area contributed by atoms with E-state index in [1.54, 1.807) is 29.7 Å². The summed E-state index contributed by atoms with van der Waals surface area (Å²) in [6, 6.07) is 12.4. The van der Waals surface area contributed by atoms with Gasteiger partial charge in [-0.1, -0.05) is 35.3 Å². The molecule has 0 spiro atoms. The number of carbonyl (C=O) groups is 1. The number of methoxy groups -OCH3 is 1. The summed E-state index contributed by atoms with van der Waals surface area (Å²) in [7, 11) is 1.53. The van der Waals surface area contributed by atoms with E-state index in [0.717, 1.165) is 0 Å². The Bertz CT molecular complexity index is 1270. The molecule has 2 N–H and O–H groups in total. The molecule has 2 heterocycles. The number of nitrogens with zero attached hydrogens (tertiary/aromatic N) is 3. The zero-order valence-electron chi connectivity index (χ0n) is 16.2. The van der Waals surface area contributed by atoms with Crippen LogP contribution < -0.4 is 5.73 Å². The molecule has 1 atom stereocenters. The predicted molar refractivity (Wildman–Crippen MR) is 118 cm³/mol. The van der Waals surface area contributed by atoms with Crippen LogP contribution in [0.3, 0.4) is 0 Å². The van der Waals surface area contributed by atoms with E-state index in [1.807, 2.05) is 24.3 Å². The lowest BCUT2D eigenvalue weighted by Crippen LogP contribution is -2.20. The van der Waals surface area contributed by atoms with E-state index in [4.69, 9.17) is 43.4 Å². The number of hydrogen-bond acceptors (Lipinski definition) is 6. The molecule has 4 rings (SSSR count). The van der Waals surface area contributed by atoms with E-state index in [1.165, 1.54) is 7.11 Å². The molecule has 9 heteroatoms. The van der Waals surface area contributed by atoms with Gasteiger partial charge in [-0.2, -0.15) is 0 Å². The fourth-order valence-electron chi connectivity index (χ4n) is 3.26. The molecule has 154 valence electrons. The Balaban J connectivity index is 1.98. The smallest absolute Gasteiger partial charge is 0.344 e. The van der Waals surface area contributed by atoms with Gasteiger partial charge >= 0.3 is 5.97 Å². The van der Waals surface area contributed by atoms with Crippen LogP contribution >= 0.6 is 23.2 Å². The highest BCUT2D eigenvalue weighted by Crippen LogP contribution is 2.33. The maximum atomic E-state index is 13.0. The molecule has 1 unspecified atom stereocenters. The fourth-order valence-corrected chi connectivity index (χ4v) is 3.55. The van der Waals surface area contributed by atoms with Crippen molar-refractivity contribution in [2.24, 2.45) is 0 Å². The summed E-state index contributed by atoms with van der Waals surface area (Å²) in [4.78, 5) is 22.3. The lowest BCUT2D eigenvalue weighted by atomic mass is 10.2. The number of para-hydroxylation sites is 2. The molecule has 7 nitrogen and oxygen atoms in total. The summed E-state index contributed by atoms with van der Waals surface area (Å²) in [6.07, 6.45) is -0.460. The van der Waals surface area contributed by atoms with Crippen molar-refractivity contribution in [1.29, 1.82) is 0 Å². The Labute approximate surface area is 182 Å². The molecule has 2 aromatic carbocycles. The second kappa shape index (κ2) is 8.10. The minimum absolute atomic E-state index is 0.136. The molecule has 0 aliphatic rings. The second-order valence-corrected chi connectivity index (χ2v) is 7.56. The summed E-state index contributed by atoms with van der Waals surface area (Å²) < 4.78 is 12.2. The number of carbonyl (C=O) groups excluding carboxylic acids is 1. The number of rotatable bonds is 5. The monoisotopic (exact) mass is 444 g/mol. The third-order valence-corrected chi connectivity index (χ3v) is 5.31. The molecule has 0 aliphatic heterocycles. The first kappa shape index (κ1) is 20.4. The number of fused-ring (bicyclic) bond motifs is 2. The van der Waals surface area contributed by atoms with E-state index >= 15 is 0 Å². The lowest BCUT2D eigenvalue weighted by molar-refractivity contribution is 0.0123. The fraction of sp³-hybridized carbons (Fsp3) is 0.190. The van der Waals surface area contributed by atoms with E-state index in [-0.39, 0.29) is 18.0 Å². The van der Waals surface area contributed by atoms with Crippen LogP contribution in [0.15, 0.2) is 42.5 Å². The van der Waals surface area contributed by atoms with Gasteiger partial charge in [0.25, 0.3) is 0 Å². The van der Waals surface area contributed by atoms with Crippen molar-refractivity contribution in [1.82, 2.24) is 14.5 Å². The number of benzene rings is 2. The molecular formula is C21H18Cl2N4O3. The maximum absolute atomic E-state index is 13.0. The van der Waals surface area contributed by atoms with Gasteiger partial charge in [0.2, 0.25) is 0 Å². The van der Waals surface area contributed by atoms with Gasteiger partial charge in [-0.05, 0) is 37.3 Å². The van der Waals surface area contributed by atoms with Crippen LogP contribution in [-0.2, 0) is 9.47 Å². The van der Waals surface area contributed by atoms with Crippen molar-refractivity contribution < 1.29 is 14.3 Å². The standard InChI is InChI=1S/C21H18Cl2N4O3/c1-11(10-29-2)30-21(28)17-18-20(26-16-6-4-3-5-15(16)25-18)27(19(17)24)12-7-8-13(22)14(23)9-12/h3-9,11H,10,24H2,1-2H3. The Morgan fingerprint density at radius 3 is 2.50 bits per heavy atom. The third-order valence-electron chi connectivity index (χ3n) is 4.57. The van der Waals surface area contributed by atoms with Crippen molar-refractivity contribution in [3.63, 3.8) is 0 Å². The number of ether oxygens (including phenoxy) is 2. The zero-order chi connectivity index (χ0) is 21.4. The average molecular weight is 445 g/mol. The first-order chi connectivity index (χ1) is 14.4. The topological polar surface area (TPSA) is 92.3 Å². The van der Waals surface area contributed by atoms with Gasteiger partial charge in [0.15, 0.2) is 5.65 Å². The number of aromatic nitrogens is 3. The van der Waals surface area contributed by atoms with Crippen molar-refractivity contribution in [2.75, 3.05) is 19.5 Å². The summed E-state index contributed by atoms with van der Waals surface area (Å²) >= 11 is 12.3. The van der Waals surface area contributed by atoms with E-state index in [2.05, 4.69) is 4.98 Å². The quantitative estimate of drug-likeness (QED) is 0.450. The molecule has 0 radical (unpaired) electrons. The minimum atomic E-state index is -0.606. The third kappa shape index (κ3) is 3.56. The number of nitrogen functional groups attached to an aromatic ring is 1. The van der Waals surface area contributed by atoms with Crippen molar-refractivity contribution >= 4 is 57.2 Å². The lowest BCUT2D eigenvalue weighted by Gasteiger charge is -2.12. The van der Waals surface area contributed by atoms with Gasteiger partial charge in [0.1, 0.15) is 23.0 Å². The molecule has 0 aliphatic carbocycles. The van der Waals surface area contributed by atoms with Gasteiger partial charge in [-0.25, -0.2) is 14.8 Å². The molecule has 2 aromatic heterocycles. The van der Waals surface area contributed by atoms with Gasteiger partial charge < -0.3 is 15.2 Å². The van der Waals surface area contributed by atoms with Crippen LogP contribution in [0, 0.1) is 0 Å². The summed E-state index contributed by atoms with van der Waals surface area (Å²) in [5, 5.41) is 0.752. The Kier molecular flexibility index (Phi) is 5.51. The molecule has 0 saturated carbocycles. The van der Waals surface area contributed by atoms with Crippen LogP contribution in [0.2, 0.25) is 10.0 Å². The highest BCUT2D eigenvalue weighted by Gasteiger charge is 2.27. The first-order valence-corrected chi connectivity index (χ1v) is 9.88. The van der Waals surface area contributed by atoms with Crippen LogP contribution in [0.4, 0.5) is 5.82 Å². The van der Waals surface area contributed by atoms with Gasteiger partial charge in [-0.15, -0.1) is 0 Å². The van der Waals surface area contributed by atoms with Crippen LogP contribution in [-0.4, -0.2) is 40.3 Å². The summed E-state index contributed by atoms with van der Waals surface area (Å²) in [6.45, 7) is 1.99. The van der Waals surface area contributed by atoms with E-state index in [9.17, 15) is 4.79 Å². The van der Waals surface area contributed by atoms with Gasteiger partial charge in [0.05, 0.1) is 33.4 Å². The van der Waals surface area contributed by atoms with Crippen molar-refractivity contribution in [3.05, 3.63) is 58.1 Å². The Morgan fingerprint density at radius 1 is 1.13 bits per heavy atom. The van der Waals surface area contributed by atoms with E-state index in [0.29, 0.717) is 37.9 Å². The number of esters is 1. The molecule has 0 fully saturated rings. The molecule has 0 saturated heterocycles. The Morgan fingerprint density at radius 2 is 1.83 bits per heavy atom. The molecule has 30 heavy (non-hydrogen) atoms. The van der Waals surface area contributed by atoms with Gasteiger partial charge in [0, 0.05) is 7.11 Å². The van der Waals surface area contributed by atoms with Crippen molar-refractivity contribution in [2.45, 2.75) is 13.0 Å². The SMILES string of the molecule is COCC(C)OC(=O)c1c(N)n(-c2ccc(Cl)c(Cl)c2)c2nc3ccccc3nc12. The van der Waals surface area contributed by atoms with Crippen LogP contribution in [0.25, 0.3) is 27.9 Å². The van der Waals surface area contributed by atoms with Crippen LogP contribution in [0.1, 0.15) is 17.3 Å². The predicted octanol–water partition coefficient (Wildman–Crippen LogP) is 4.65. The number of nitrogens with two attached hydrogens (primary N) is 1. The first-order valence-electron chi connectivity index (χ1n) is 9.12. The van der Waals surface area contributed by atoms with Crippen LogP contribution in [0.5, 0.6) is 0 Å². The second-order valence-electron chi connectivity index (χ2n) is 6.75. The molecule has 4 aromatic rings. The number of halogens is 2. The average Bonchev–Trinajstić information content (AvgIpc) is 2.99. The highest BCUT2D eigenvalue weighted by atomic mass is 35.5. The minimum Gasteiger partial charge on any atom is -0.456 e. The Hall–Kier alpha value is -2.87. The number of anilines is 1. The highest BCUT2D eigenvalue weighted by molar-refractivity contribution is 6.42. The van der Waals surface area contributed by atoms with Crippen molar-refractivity contribution in [3.8, 4) is 5.69 Å². The largest absolute Gasteiger partial charge is 0.456 e. The summed E-state index contributed by atoms with van der Waals surface area (Å²) in [5.74, 6) is -0.459. The normalized spacial score (nSPS) is 12.4. The zero-order valence-corrected chi connectivity index (χ0v) is 17.7. The molecular weight excluding hydrogens is 427 g/mol. The summed E-state index contributed by atoms with van der Waals surface area (Å²) in [5.41, 5.74) is 9.21. The molecule has 0 bridgehead atoms. The van der Waals surface area contributed by atoms with E-state index < -0.39 is 12.1 Å². The van der Waals surface area contributed by atoms with Gasteiger partial charge in [-0.3, -0.25) is 4.57 Å². The maximum Gasteiger partial charge on any atom is 0.344 e. The number of hydrogen-bond donors (Lipinski definition) is 1.